The zero-order valence-corrected chi connectivity index (χ0v) is 23.0. The van der Waals surface area contributed by atoms with Crippen LogP contribution in [0.25, 0.3) is 0 Å². The Morgan fingerprint density at radius 3 is 2.23 bits per heavy atom. The van der Waals surface area contributed by atoms with Gasteiger partial charge in [-0.05, 0) is 91.8 Å². The molecule has 6 nitrogen and oxygen atoms in total. The van der Waals surface area contributed by atoms with E-state index in [1.807, 2.05) is 18.4 Å². The molecule has 3 amide bonds. The van der Waals surface area contributed by atoms with Crippen molar-refractivity contribution in [2.45, 2.75) is 39.0 Å². The molecular weight excluding hydrogens is 544 g/mol. The summed E-state index contributed by atoms with van der Waals surface area (Å²) in [6, 6.07) is 11.5. The first-order valence-electron chi connectivity index (χ1n) is 13.1. The molecule has 214 valence electrons. The van der Waals surface area contributed by atoms with Crippen molar-refractivity contribution in [3.63, 3.8) is 0 Å². The fourth-order valence-corrected chi connectivity index (χ4v) is 5.43. The monoisotopic (exact) mass is 576 g/mol. The molecule has 40 heavy (non-hydrogen) atoms. The lowest BCUT2D eigenvalue weighted by atomic mass is 10.2. The zero-order chi connectivity index (χ0) is 28.7. The zero-order valence-electron chi connectivity index (χ0n) is 22.2. The Labute approximate surface area is 235 Å². The molecule has 11 heteroatoms. The number of aryl methyl sites for hydroxylation is 1. The molecule has 1 aliphatic heterocycles. The van der Waals surface area contributed by atoms with Gasteiger partial charge in [-0.1, -0.05) is 12.1 Å². The third-order valence-corrected chi connectivity index (χ3v) is 7.91. The van der Waals surface area contributed by atoms with E-state index in [0.717, 1.165) is 54.1 Å². The number of benzene rings is 2. The van der Waals surface area contributed by atoms with Gasteiger partial charge in [-0.3, -0.25) is 4.79 Å². The van der Waals surface area contributed by atoms with Gasteiger partial charge in [0.15, 0.2) is 0 Å². The van der Waals surface area contributed by atoms with Crippen LogP contribution in [0.1, 0.15) is 34.4 Å². The van der Waals surface area contributed by atoms with E-state index in [2.05, 4.69) is 10.2 Å². The Balaban J connectivity index is 1.50. The number of carbonyl (C=O) groups excluding carboxylic acids is 2. The van der Waals surface area contributed by atoms with E-state index in [1.165, 1.54) is 40.5 Å². The number of alkyl halides is 3. The Morgan fingerprint density at radius 2 is 1.62 bits per heavy atom. The summed E-state index contributed by atoms with van der Waals surface area (Å²) in [7, 11) is 0. The SMILES string of the molecule is Cc1ccsc1CN(Cc1ccc(F)cc1)C(=O)CN(CCN1CCCC1)C(=O)Nc1ccc(C(F)(F)F)cc1. The van der Waals surface area contributed by atoms with Crippen LogP contribution in [0.15, 0.2) is 60.0 Å². The lowest BCUT2D eigenvalue weighted by Crippen LogP contribution is -2.46. The maximum Gasteiger partial charge on any atom is 0.416 e. The number of hydrogen-bond donors (Lipinski definition) is 1. The van der Waals surface area contributed by atoms with Gasteiger partial charge < -0.3 is 20.0 Å². The molecule has 0 saturated carbocycles. The van der Waals surface area contributed by atoms with Crippen molar-refractivity contribution in [1.29, 1.82) is 0 Å². The van der Waals surface area contributed by atoms with E-state index in [9.17, 15) is 27.2 Å². The van der Waals surface area contributed by atoms with Gasteiger partial charge in [0, 0.05) is 30.2 Å². The maximum atomic E-state index is 13.7. The Bertz CT molecular complexity index is 1270. The summed E-state index contributed by atoms with van der Waals surface area (Å²) < 4.78 is 52.3. The largest absolute Gasteiger partial charge is 0.416 e. The van der Waals surface area contributed by atoms with Crippen molar-refractivity contribution in [1.82, 2.24) is 14.7 Å². The highest BCUT2D eigenvalue weighted by molar-refractivity contribution is 7.10. The van der Waals surface area contributed by atoms with Crippen molar-refractivity contribution in [3.8, 4) is 0 Å². The highest BCUT2D eigenvalue weighted by Gasteiger charge is 2.30. The van der Waals surface area contributed by atoms with Crippen LogP contribution in [0, 0.1) is 12.7 Å². The minimum atomic E-state index is -4.48. The van der Waals surface area contributed by atoms with Crippen molar-refractivity contribution in [2.75, 3.05) is 38.0 Å². The predicted octanol–water partition coefficient (Wildman–Crippen LogP) is 6.37. The summed E-state index contributed by atoms with van der Waals surface area (Å²) in [6.45, 7) is 5.00. The highest BCUT2D eigenvalue weighted by atomic mass is 32.1. The number of halogens is 4. The smallest absolute Gasteiger partial charge is 0.332 e. The average Bonchev–Trinajstić information content (AvgIpc) is 3.58. The molecule has 1 aliphatic rings. The first-order chi connectivity index (χ1) is 19.1. The minimum Gasteiger partial charge on any atom is -0.332 e. The lowest BCUT2D eigenvalue weighted by molar-refractivity contribution is -0.137. The Kier molecular flexibility index (Phi) is 9.80. The van der Waals surface area contributed by atoms with Crippen LogP contribution in [0.3, 0.4) is 0 Å². The number of thiophene rings is 1. The molecule has 4 rings (SSSR count). The molecule has 2 aromatic carbocycles. The summed E-state index contributed by atoms with van der Waals surface area (Å²) in [5.41, 5.74) is 1.19. The van der Waals surface area contributed by atoms with Crippen molar-refractivity contribution < 1.29 is 27.2 Å². The van der Waals surface area contributed by atoms with E-state index in [4.69, 9.17) is 0 Å². The van der Waals surface area contributed by atoms with E-state index >= 15 is 0 Å². The van der Waals surface area contributed by atoms with Crippen molar-refractivity contribution in [3.05, 3.63) is 87.4 Å². The second-order valence-corrected chi connectivity index (χ2v) is 10.9. The van der Waals surface area contributed by atoms with Crippen LogP contribution in [-0.2, 0) is 24.1 Å². The number of carbonyl (C=O) groups is 2. The second kappa shape index (κ2) is 13.3. The molecule has 0 aliphatic carbocycles. The molecule has 0 spiro atoms. The quantitative estimate of drug-likeness (QED) is 0.285. The topological polar surface area (TPSA) is 55.9 Å². The van der Waals surface area contributed by atoms with Crippen LogP contribution in [0.5, 0.6) is 0 Å². The molecule has 0 radical (unpaired) electrons. The molecule has 0 bridgehead atoms. The first-order valence-corrected chi connectivity index (χ1v) is 14.0. The van der Waals surface area contributed by atoms with Crippen LogP contribution in [0.4, 0.5) is 28.0 Å². The Hall–Kier alpha value is -3.44. The summed E-state index contributed by atoms with van der Waals surface area (Å²) in [5.74, 6) is -0.662. The number of anilines is 1. The molecule has 1 N–H and O–H groups in total. The van der Waals surface area contributed by atoms with E-state index < -0.39 is 17.8 Å². The van der Waals surface area contributed by atoms with Gasteiger partial charge >= 0.3 is 12.2 Å². The van der Waals surface area contributed by atoms with Crippen LogP contribution >= 0.6 is 11.3 Å². The maximum absolute atomic E-state index is 13.7. The van der Waals surface area contributed by atoms with Gasteiger partial charge in [-0.25, -0.2) is 9.18 Å². The Morgan fingerprint density at radius 1 is 0.950 bits per heavy atom. The van der Waals surface area contributed by atoms with Gasteiger partial charge in [0.25, 0.3) is 0 Å². The van der Waals surface area contributed by atoms with Crippen molar-refractivity contribution in [2.24, 2.45) is 0 Å². The number of urea groups is 1. The predicted molar refractivity (Wildman–Crippen MR) is 147 cm³/mol. The van der Waals surface area contributed by atoms with Gasteiger partial charge in [0.1, 0.15) is 12.4 Å². The fourth-order valence-electron chi connectivity index (χ4n) is 4.51. The normalized spacial score (nSPS) is 13.8. The fraction of sp³-hybridized carbons (Fsp3) is 0.379. The third-order valence-electron chi connectivity index (χ3n) is 6.90. The summed E-state index contributed by atoms with van der Waals surface area (Å²) in [6.07, 6.45) is -2.34. The molecule has 1 fully saturated rings. The third kappa shape index (κ3) is 8.28. The average molecular weight is 577 g/mol. The molecule has 2 heterocycles. The molecule has 1 saturated heterocycles. The van der Waals surface area contributed by atoms with Crippen LogP contribution in [-0.4, -0.2) is 59.4 Å². The van der Waals surface area contributed by atoms with E-state index in [-0.39, 0.29) is 37.0 Å². The second-order valence-electron chi connectivity index (χ2n) is 9.88. The van der Waals surface area contributed by atoms with Crippen molar-refractivity contribution >= 4 is 29.0 Å². The number of amides is 3. The summed E-state index contributed by atoms with van der Waals surface area (Å²) in [4.78, 5) is 33.2. The lowest BCUT2D eigenvalue weighted by Gasteiger charge is -2.29. The van der Waals surface area contributed by atoms with Gasteiger partial charge in [0.05, 0.1) is 12.1 Å². The molecular formula is C29H32F4N4O2S. The molecule has 1 aromatic heterocycles. The van der Waals surface area contributed by atoms with Gasteiger partial charge in [-0.15, -0.1) is 11.3 Å². The van der Waals surface area contributed by atoms with Crippen LogP contribution < -0.4 is 5.32 Å². The molecule has 0 unspecified atom stereocenters. The van der Waals surface area contributed by atoms with E-state index in [1.54, 1.807) is 17.0 Å². The highest BCUT2D eigenvalue weighted by Crippen LogP contribution is 2.30. The van der Waals surface area contributed by atoms with Crippen LogP contribution in [0.2, 0.25) is 0 Å². The number of nitrogens with zero attached hydrogens (tertiary/aromatic N) is 3. The standard InChI is InChI=1S/C29H32F4N4O2S/c1-21-12-17-40-26(21)19-37(18-22-4-8-24(30)9-5-22)27(38)20-36(16-15-35-13-2-3-14-35)28(39)34-25-10-6-23(7-11-25)29(31,32)33/h4-12,17H,2-3,13-16,18-20H2,1H3,(H,34,39). The number of rotatable bonds is 10. The first kappa shape index (κ1) is 29.5. The van der Waals surface area contributed by atoms with Gasteiger partial charge in [-0.2, -0.15) is 13.2 Å². The van der Waals surface area contributed by atoms with E-state index in [0.29, 0.717) is 13.1 Å². The number of hydrogen-bond acceptors (Lipinski definition) is 4. The minimum absolute atomic E-state index is 0.203. The summed E-state index contributed by atoms with van der Waals surface area (Å²) in [5, 5.41) is 4.59. The summed E-state index contributed by atoms with van der Waals surface area (Å²) >= 11 is 1.53. The molecule has 3 aromatic rings. The number of likely N-dealkylation sites (tertiary alicyclic amines) is 1. The van der Waals surface area contributed by atoms with Gasteiger partial charge in [0.2, 0.25) is 5.91 Å². The molecule has 0 atom stereocenters. The number of nitrogens with one attached hydrogen (secondary N) is 1.